The van der Waals surface area contributed by atoms with E-state index in [-0.39, 0.29) is 5.75 Å². The van der Waals surface area contributed by atoms with E-state index in [4.69, 9.17) is 14.3 Å². The van der Waals surface area contributed by atoms with Crippen molar-refractivity contribution in [1.82, 2.24) is 0 Å². The normalized spacial score (nSPS) is 10.2. The zero-order valence-electron chi connectivity index (χ0n) is 7.69. The highest BCUT2D eigenvalue weighted by Crippen LogP contribution is 2.15. The fourth-order valence-corrected chi connectivity index (χ4v) is 1.22. The van der Waals surface area contributed by atoms with E-state index in [1.807, 2.05) is 0 Å². The maximum atomic E-state index is 9.00. The van der Waals surface area contributed by atoms with Gasteiger partial charge in [-0.3, -0.25) is 0 Å². The van der Waals surface area contributed by atoms with Crippen LogP contribution in [0.1, 0.15) is 6.42 Å². The lowest BCUT2D eigenvalue weighted by molar-refractivity contribution is 0.258. The summed E-state index contributed by atoms with van der Waals surface area (Å²) in [5.74, 6) is 1.04. The van der Waals surface area contributed by atoms with E-state index in [1.54, 1.807) is 24.3 Å². The third-order valence-electron chi connectivity index (χ3n) is 1.60. The molecule has 0 heterocycles. The van der Waals surface area contributed by atoms with Crippen LogP contribution in [-0.2, 0) is 4.43 Å². The first kappa shape index (κ1) is 10.1. The van der Waals surface area contributed by atoms with E-state index >= 15 is 0 Å². The molecule has 0 amide bonds. The number of benzene rings is 1. The van der Waals surface area contributed by atoms with Crippen LogP contribution < -0.4 is 4.74 Å². The molecule has 0 aliphatic rings. The summed E-state index contributed by atoms with van der Waals surface area (Å²) < 4.78 is 10.4. The van der Waals surface area contributed by atoms with E-state index in [1.165, 1.54) is 0 Å². The Morgan fingerprint density at radius 2 is 1.85 bits per heavy atom. The predicted octanol–water partition coefficient (Wildman–Crippen LogP) is 0.458. The molecule has 0 aromatic heterocycles. The summed E-state index contributed by atoms with van der Waals surface area (Å²) in [6.07, 6.45) is 0.907. The van der Waals surface area contributed by atoms with Gasteiger partial charge in [0.05, 0.1) is 6.61 Å². The monoisotopic (exact) mass is 198 g/mol. The van der Waals surface area contributed by atoms with Gasteiger partial charge in [-0.05, 0) is 24.3 Å². The van der Waals surface area contributed by atoms with Crippen LogP contribution in [0, 0.1) is 0 Å². The summed E-state index contributed by atoms with van der Waals surface area (Å²) in [5, 5.41) is 9.00. The van der Waals surface area contributed by atoms with Gasteiger partial charge in [0.15, 0.2) is 0 Å². The molecule has 3 nitrogen and oxygen atoms in total. The molecule has 4 heteroatoms. The lowest BCUT2D eigenvalue weighted by Gasteiger charge is -2.05. The number of hydrogen-bond donors (Lipinski definition) is 1. The zero-order valence-corrected chi connectivity index (χ0v) is 9.69. The Hall–Kier alpha value is -1.00. The smallest absolute Gasteiger partial charge is 0.145 e. The molecule has 0 saturated carbocycles. The molecule has 1 N–H and O–H groups in total. The van der Waals surface area contributed by atoms with Crippen LogP contribution in [0.25, 0.3) is 0 Å². The van der Waals surface area contributed by atoms with Crippen molar-refractivity contribution in [2.45, 2.75) is 6.42 Å². The van der Waals surface area contributed by atoms with Crippen molar-refractivity contribution < 1.29 is 14.3 Å². The molecule has 0 spiro atoms. The molecule has 1 aromatic carbocycles. The summed E-state index contributed by atoms with van der Waals surface area (Å²) in [5.41, 5.74) is 0. The van der Waals surface area contributed by atoms with Crippen LogP contribution in [0.4, 0.5) is 0 Å². The highest BCUT2D eigenvalue weighted by molar-refractivity contribution is 5.97. The molecule has 1 rings (SSSR count). The Bertz CT molecular complexity index is 235. The SMILES string of the molecule is Oc1ccc(OCCCO[SiH3])cc1. The fourth-order valence-electron chi connectivity index (χ4n) is 0.936. The van der Waals surface area contributed by atoms with Crippen molar-refractivity contribution in [3.63, 3.8) is 0 Å². The molecule has 1 aromatic rings. The van der Waals surface area contributed by atoms with E-state index in [0.717, 1.165) is 29.3 Å². The van der Waals surface area contributed by atoms with Crippen molar-refractivity contribution in [1.29, 1.82) is 0 Å². The average molecular weight is 198 g/mol. The van der Waals surface area contributed by atoms with Gasteiger partial charge >= 0.3 is 0 Å². The Morgan fingerprint density at radius 1 is 1.15 bits per heavy atom. The molecule has 13 heavy (non-hydrogen) atoms. The Kier molecular flexibility index (Phi) is 4.35. The van der Waals surface area contributed by atoms with Crippen LogP contribution >= 0.6 is 0 Å². The van der Waals surface area contributed by atoms with Crippen LogP contribution in [0.2, 0.25) is 0 Å². The van der Waals surface area contributed by atoms with E-state index < -0.39 is 0 Å². The summed E-state index contributed by atoms with van der Waals surface area (Å²) in [7, 11) is 0.786. The van der Waals surface area contributed by atoms with Crippen molar-refractivity contribution in [2.75, 3.05) is 13.2 Å². The van der Waals surface area contributed by atoms with Crippen molar-refractivity contribution in [3.8, 4) is 11.5 Å². The summed E-state index contributed by atoms with van der Waals surface area (Å²) >= 11 is 0. The van der Waals surface area contributed by atoms with Gasteiger partial charge in [-0.2, -0.15) is 0 Å². The first-order valence-corrected chi connectivity index (χ1v) is 5.05. The molecule has 0 radical (unpaired) electrons. The molecule has 0 bridgehead atoms. The Labute approximate surface area is 80.8 Å². The largest absolute Gasteiger partial charge is 0.508 e. The lowest BCUT2D eigenvalue weighted by atomic mass is 10.3. The highest BCUT2D eigenvalue weighted by Gasteiger charge is 1.93. The zero-order chi connectivity index (χ0) is 9.52. The number of ether oxygens (including phenoxy) is 1. The van der Waals surface area contributed by atoms with Crippen LogP contribution in [0.15, 0.2) is 24.3 Å². The summed E-state index contributed by atoms with van der Waals surface area (Å²) in [4.78, 5) is 0. The number of phenolic OH excluding ortho intramolecular Hbond substituents is 1. The van der Waals surface area contributed by atoms with Gasteiger partial charge < -0.3 is 14.3 Å². The Morgan fingerprint density at radius 3 is 2.46 bits per heavy atom. The molecule has 0 aliphatic carbocycles. The second-order valence-corrected chi connectivity index (χ2v) is 3.27. The van der Waals surface area contributed by atoms with Crippen LogP contribution in [0.5, 0.6) is 11.5 Å². The molecule has 0 atom stereocenters. The van der Waals surface area contributed by atoms with Gasteiger partial charge in [-0.1, -0.05) is 0 Å². The third kappa shape index (κ3) is 3.96. The van der Waals surface area contributed by atoms with Gasteiger partial charge in [-0.25, -0.2) is 0 Å². The lowest BCUT2D eigenvalue weighted by Crippen LogP contribution is -2.01. The minimum absolute atomic E-state index is 0.259. The minimum Gasteiger partial charge on any atom is -0.508 e. The maximum absolute atomic E-state index is 9.00. The molecular formula is C9H14O3Si. The third-order valence-corrected chi connectivity index (χ3v) is 2.01. The quantitative estimate of drug-likeness (QED) is 0.552. The van der Waals surface area contributed by atoms with Crippen molar-refractivity contribution >= 4 is 10.5 Å². The summed E-state index contributed by atoms with van der Waals surface area (Å²) in [6.45, 7) is 1.43. The first-order valence-electron chi connectivity index (χ1n) is 4.23. The van der Waals surface area contributed by atoms with E-state index in [2.05, 4.69) is 0 Å². The first-order chi connectivity index (χ1) is 6.33. The standard InChI is InChI=1S/C9H14O3Si/c10-8-2-4-9(5-3-8)11-6-1-7-12-13/h2-5,10H,1,6-7H2,13H3. The number of aromatic hydroxyl groups is 1. The van der Waals surface area contributed by atoms with Gasteiger partial charge in [0.2, 0.25) is 0 Å². The van der Waals surface area contributed by atoms with Gasteiger partial charge in [0, 0.05) is 13.0 Å². The van der Waals surface area contributed by atoms with Gasteiger partial charge in [-0.15, -0.1) is 0 Å². The number of hydrogen-bond acceptors (Lipinski definition) is 3. The molecular weight excluding hydrogens is 184 g/mol. The number of phenols is 1. The van der Waals surface area contributed by atoms with Crippen molar-refractivity contribution in [2.24, 2.45) is 0 Å². The summed E-state index contributed by atoms with van der Waals surface area (Å²) in [6, 6.07) is 6.71. The Balaban J connectivity index is 2.25. The maximum Gasteiger partial charge on any atom is 0.145 e. The van der Waals surface area contributed by atoms with Crippen LogP contribution in [0.3, 0.4) is 0 Å². The molecule has 0 unspecified atom stereocenters. The molecule has 0 saturated heterocycles. The van der Waals surface area contributed by atoms with Gasteiger partial charge in [0.25, 0.3) is 0 Å². The highest BCUT2D eigenvalue weighted by atomic mass is 28.2. The minimum atomic E-state index is 0.259. The predicted molar refractivity (Wildman–Crippen MR) is 54.1 cm³/mol. The van der Waals surface area contributed by atoms with E-state index in [9.17, 15) is 0 Å². The second kappa shape index (κ2) is 5.61. The average Bonchev–Trinajstić information content (AvgIpc) is 2.15. The van der Waals surface area contributed by atoms with Crippen molar-refractivity contribution in [3.05, 3.63) is 24.3 Å². The fraction of sp³-hybridized carbons (Fsp3) is 0.333. The van der Waals surface area contributed by atoms with E-state index in [0.29, 0.717) is 6.61 Å². The molecule has 72 valence electrons. The van der Waals surface area contributed by atoms with Gasteiger partial charge in [0.1, 0.15) is 22.0 Å². The number of rotatable bonds is 5. The molecule has 0 fully saturated rings. The topological polar surface area (TPSA) is 38.7 Å². The second-order valence-electron chi connectivity index (χ2n) is 2.69. The van der Waals surface area contributed by atoms with Crippen LogP contribution in [-0.4, -0.2) is 28.8 Å². The molecule has 0 aliphatic heterocycles.